The largest absolute Gasteiger partial charge is 0.508 e. The molecule has 2 aromatic carbocycles. The number of aromatic hydroxyl groups is 1. The molecule has 0 bridgehead atoms. The second kappa shape index (κ2) is 12.2. The number of H-pyrrole nitrogens is 1. The smallest absolute Gasteiger partial charge is 0.266 e. The van der Waals surface area contributed by atoms with Gasteiger partial charge < -0.3 is 26.5 Å². The maximum atomic E-state index is 13.1. The van der Waals surface area contributed by atoms with E-state index in [1.54, 1.807) is 17.6 Å². The highest BCUT2D eigenvalue weighted by molar-refractivity contribution is 5.93. The van der Waals surface area contributed by atoms with Crippen LogP contribution in [0.2, 0.25) is 0 Å². The molecule has 1 heterocycles. The number of rotatable bonds is 11. The Morgan fingerprint density at radius 3 is 2.25 bits per heavy atom. The molecular weight excluding hydrogens is 462 g/mol. The molecule has 0 fully saturated rings. The Labute approximate surface area is 209 Å². The lowest BCUT2D eigenvalue weighted by Crippen LogP contribution is -2.56. The molecule has 3 rings (SSSR count). The first-order valence-electron chi connectivity index (χ1n) is 11.8. The second-order valence-corrected chi connectivity index (χ2v) is 9.27. The Morgan fingerprint density at radius 1 is 0.917 bits per heavy atom. The number of amides is 3. The summed E-state index contributed by atoms with van der Waals surface area (Å²) in [4.78, 5) is 41.5. The van der Waals surface area contributed by atoms with Gasteiger partial charge in [-0.05, 0) is 48.1 Å². The number of phenolic OH excluding ortho intramolecular Hbond substituents is 1. The molecule has 0 spiro atoms. The Morgan fingerprint density at radius 2 is 1.58 bits per heavy atom. The van der Waals surface area contributed by atoms with Gasteiger partial charge in [0, 0.05) is 23.5 Å². The number of carbonyl (C=O) groups is 3. The zero-order valence-corrected chi connectivity index (χ0v) is 20.3. The normalized spacial score (nSPS) is 13.7. The maximum absolute atomic E-state index is 13.1. The van der Waals surface area contributed by atoms with Crippen molar-refractivity contribution in [3.05, 3.63) is 65.9 Å². The number of hydroxylamine groups is 1. The molecule has 3 atom stereocenters. The van der Waals surface area contributed by atoms with Crippen LogP contribution in [0.5, 0.6) is 5.75 Å². The standard InChI is InChI=1S/C26H33N5O5/c1-15(2)11-22(25(34)30-23(26(35)31-36)12-16-7-9-18(32)10-8-16)29-24(33)20(27)13-17-14-28-21-6-4-3-5-19(17)21/h3-10,14-15,20,22-23,28,32,36H,11-13,27H2,1-2H3,(H,29,33)(H,30,34)(H,31,35)/t20-,22-,23-/m0/s1. The van der Waals surface area contributed by atoms with Gasteiger partial charge in [-0.2, -0.15) is 0 Å². The minimum atomic E-state index is -1.10. The molecular formula is C26H33N5O5. The predicted molar refractivity (Wildman–Crippen MR) is 135 cm³/mol. The van der Waals surface area contributed by atoms with Crippen LogP contribution in [0.4, 0.5) is 0 Å². The van der Waals surface area contributed by atoms with Crippen LogP contribution in [0, 0.1) is 5.92 Å². The summed E-state index contributed by atoms with van der Waals surface area (Å²) >= 11 is 0. The first-order chi connectivity index (χ1) is 17.2. The molecule has 8 N–H and O–H groups in total. The zero-order valence-electron chi connectivity index (χ0n) is 20.3. The number of aromatic amines is 1. The summed E-state index contributed by atoms with van der Waals surface area (Å²) < 4.78 is 0. The first-order valence-corrected chi connectivity index (χ1v) is 11.8. The van der Waals surface area contributed by atoms with E-state index in [0.29, 0.717) is 12.0 Å². The molecule has 3 aromatic rings. The van der Waals surface area contributed by atoms with Crippen LogP contribution in [0.25, 0.3) is 10.9 Å². The minimum absolute atomic E-state index is 0.0631. The van der Waals surface area contributed by atoms with Gasteiger partial charge in [-0.3, -0.25) is 19.6 Å². The third-order valence-electron chi connectivity index (χ3n) is 5.91. The number of benzene rings is 2. The molecule has 36 heavy (non-hydrogen) atoms. The van der Waals surface area contributed by atoms with Crippen LogP contribution in [0.3, 0.4) is 0 Å². The highest BCUT2D eigenvalue weighted by Gasteiger charge is 2.29. The van der Waals surface area contributed by atoms with Gasteiger partial charge in [0.1, 0.15) is 17.8 Å². The van der Waals surface area contributed by atoms with Crippen molar-refractivity contribution in [2.24, 2.45) is 11.7 Å². The van der Waals surface area contributed by atoms with Crippen molar-refractivity contribution < 1.29 is 24.7 Å². The lowest BCUT2D eigenvalue weighted by atomic mass is 10.00. The van der Waals surface area contributed by atoms with Crippen molar-refractivity contribution in [2.45, 2.75) is 51.2 Å². The van der Waals surface area contributed by atoms with Crippen molar-refractivity contribution >= 4 is 28.6 Å². The molecule has 192 valence electrons. The van der Waals surface area contributed by atoms with Crippen LogP contribution in [0.1, 0.15) is 31.4 Å². The number of aromatic nitrogens is 1. The van der Waals surface area contributed by atoms with E-state index in [1.165, 1.54) is 12.1 Å². The Bertz CT molecular complexity index is 1190. The van der Waals surface area contributed by atoms with Crippen molar-refractivity contribution in [3.63, 3.8) is 0 Å². The minimum Gasteiger partial charge on any atom is -0.508 e. The summed E-state index contributed by atoms with van der Waals surface area (Å²) in [6, 6.07) is 10.9. The SMILES string of the molecule is CC(C)C[C@H](NC(=O)[C@@H](N)Cc1c[nH]c2ccccc12)C(=O)N[C@@H](Cc1ccc(O)cc1)C(=O)NO. The number of phenols is 1. The predicted octanol–water partition coefficient (Wildman–Crippen LogP) is 1.51. The third-order valence-corrected chi connectivity index (χ3v) is 5.91. The molecule has 0 aliphatic rings. The molecule has 0 aliphatic carbocycles. The van der Waals surface area contributed by atoms with E-state index in [1.807, 2.05) is 44.3 Å². The summed E-state index contributed by atoms with van der Waals surface area (Å²) in [5.41, 5.74) is 10.3. The molecule has 1 aromatic heterocycles. The van der Waals surface area contributed by atoms with E-state index in [9.17, 15) is 19.5 Å². The summed E-state index contributed by atoms with van der Waals surface area (Å²) in [5, 5.41) is 25.0. The topological polar surface area (TPSA) is 170 Å². The van der Waals surface area contributed by atoms with Gasteiger partial charge in [-0.25, -0.2) is 5.48 Å². The number of hydrogen-bond donors (Lipinski definition) is 7. The van der Waals surface area contributed by atoms with Crippen molar-refractivity contribution in [1.82, 2.24) is 21.1 Å². The maximum Gasteiger partial charge on any atom is 0.266 e. The first kappa shape index (κ1) is 26.7. The molecule has 10 heteroatoms. The van der Waals surface area contributed by atoms with Crippen molar-refractivity contribution in [2.75, 3.05) is 0 Å². The number of carbonyl (C=O) groups excluding carboxylic acids is 3. The van der Waals surface area contributed by atoms with Gasteiger partial charge in [0.2, 0.25) is 11.8 Å². The Hall–Kier alpha value is -3.89. The molecule has 0 saturated heterocycles. The van der Waals surface area contributed by atoms with Crippen LogP contribution in [0.15, 0.2) is 54.7 Å². The summed E-state index contributed by atoms with van der Waals surface area (Å²) in [6.07, 6.45) is 2.49. The molecule has 10 nitrogen and oxygen atoms in total. The average molecular weight is 496 g/mol. The number of hydrogen-bond acceptors (Lipinski definition) is 6. The lowest BCUT2D eigenvalue weighted by molar-refractivity contribution is -0.136. The van der Waals surface area contributed by atoms with Gasteiger partial charge in [0.05, 0.1) is 6.04 Å². The van der Waals surface area contributed by atoms with E-state index in [0.717, 1.165) is 16.5 Å². The van der Waals surface area contributed by atoms with Gasteiger partial charge in [-0.1, -0.05) is 44.2 Å². The third kappa shape index (κ3) is 7.06. The monoisotopic (exact) mass is 495 g/mol. The fourth-order valence-corrected chi connectivity index (χ4v) is 4.04. The summed E-state index contributed by atoms with van der Waals surface area (Å²) in [6.45, 7) is 3.82. The van der Waals surface area contributed by atoms with Crippen LogP contribution < -0.4 is 21.8 Å². The molecule has 0 radical (unpaired) electrons. The van der Waals surface area contributed by atoms with Crippen molar-refractivity contribution in [3.8, 4) is 5.75 Å². The fourth-order valence-electron chi connectivity index (χ4n) is 4.04. The quantitative estimate of drug-likeness (QED) is 0.157. The summed E-state index contributed by atoms with van der Waals surface area (Å²) in [5.74, 6) is -1.73. The highest BCUT2D eigenvalue weighted by atomic mass is 16.5. The Kier molecular flexibility index (Phi) is 9.04. The fraction of sp³-hybridized carbons (Fsp3) is 0.346. The van der Waals surface area contributed by atoms with E-state index in [2.05, 4.69) is 15.6 Å². The molecule has 0 unspecified atom stereocenters. The van der Waals surface area contributed by atoms with Gasteiger partial charge in [0.15, 0.2) is 0 Å². The Balaban J connectivity index is 1.69. The van der Waals surface area contributed by atoms with E-state index >= 15 is 0 Å². The molecule has 0 saturated carbocycles. The number of fused-ring (bicyclic) bond motifs is 1. The number of nitrogens with two attached hydrogens (primary N) is 1. The van der Waals surface area contributed by atoms with Gasteiger partial charge >= 0.3 is 0 Å². The lowest BCUT2D eigenvalue weighted by Gasteiger charge is -2.25. The van der Waals surface area contributed by atoms with E-state index in [-0.39, 0.29) is 24.5 Å². The van der Waals surface area contributed by atoms with Crippen LogP contribution >= 0.6 is 0 Å². The van der Waals surface area contributed by atoms with Crippen molar-refractivity contribution in [1.29, 1.82) is 0 Å². The summed E-state index contributed by atoms with van der Waals surface area (Å²) in [7, 11) is 0. The number of para-hydroxylation sites is 1. The van der Waals surface area contributed by atoms with E-state index < -0.39 is 35.8 Å². The molecule has 3 amide bonds. The van der Waals surface area contributed by atoms with Gasteiger partial charge in [0.25, 0.3) is 5.91 Å². The number of nitrogens with one attached hydrogen (secondary N) is 4. The van der Waals surface area contributed by atoms with E-state index in [4.69, 9.17) is 10.9 Å². The highest BCUT2D eigenvalue weighted by Crippen LogP contribution is 2.19. The average Bonchev–Trinajstić information content (AvgIpc) is 3.26. The van der Waals surface area contributed by atoms with Gasteiger partial charge in [-0.15, -0.1) is 0 Å². The van der Waals surface area contributed by atoms with Crippen LogP contribution in [-0.4, -0.2) is 51.1 Å². The second-order valence-electron chi connectivity index (χ2n) is 9.27. The zero-order chi connectivity index (χ0) is 26.2. The van der Waals surface area contributed by atoms with Crippen LogP contribution in [-0.2, 0) is 27.2 Å². The molecule has 0 aliphatic heterocycles.